The second kappa shape index (κ2) is 5.81. The molecule has 1 amide bonds. The van der Waals surface area contributed by atoms with E-state index in [9.17, 15) is 14.9 Å². The number of nitrogens with zero attached hydrogens (tertiary/aromatic N) is 1. The first kappa shape index (κ1) is 12.8. The minimum atomic E-state index is -0.442. The lowest BCUT2D eigenvalue weighted by Gasteiger charge is -2.03. The Kier molecular flexibility index (Phi) is 3.92. The van der Waals surface area contributed by atoms with Crippen molar-refractivity contribution in [2.24, 2.45) is 0 Å². The Hall–Kier alpha value is -2.63. The molecule has 0 aliphatic heterocycles. The molecule has 0 unspecified atom stereocenters. The van der Waals surface area contributed by atoms with E-state index in [-0.39, 0.29) is 17.4 Å². The number of benzene rings is 1. The van der Waals surface area contributed by atoms with E-state index >= 15 is 0 Å². The van der Waals surface area contributed by atoms with Gasteiger partial charge in [0.25, 0.3) is 11.6 Å². The number of nitro benzene ring substituents is 1. The second-order valence-corrected chi connectivity index (χ2v) is 3.91. The molecule has 0 saturated carbocycles. The fraction of sp³-hybridized carbons (Fsp3) is 0.154. The number of carbonyl (C=O) groups excluding carboxylic acids is 1. The first-order valence-electron chi connectivity index (χ1n) is 5.72. The Morgan fingerprint density at radius 1 is 1.26 bits per heavy atom. The Balaban J connectivity index is 1.82. The van der Waals surface area contributed by atoms with Gasteiger partial charge in [-0.15, -0.1) is 0 Å². The third-order valence-electron chi connectivity index (χ3n) is 2.59. The number of rotatable bonds is 5. The molecule has 0 bridgehead atoms. The maximum Gasteiger partial charge on any atom is 0.286 e. The van der Waals surface area contributed by atoms with Gasteiger partial charge in [0.15, 0.2) is 5.76 Å². The van der Waals surface area contributed by atoms with Crippen LogP contribution in [-0.2, 0) is 6.42 Å². The molecular weight excluding hydrogens is 248 g/mol. The molecule has 6 heteroatoms. The molecule has 0 fully saturated rings. The summed E-state index contributed by atoms with van der Waals surface area (Å²) in [7, 11) is 0. The highest BCUT2D eigenvalue weighted by Crippen LogP contribution is 2.12. The molecule has 19 heavy (non-hydrogen) atoms. The Morgan fingerprint density at radius 3 is 2.58 bits per heavy atom. The van der Waals surface area contributed by atoms with Gasteiger partial charge in [-0.2, -0.15) is 0 Å². The van der Waals surface area contributed by atoms with Crippen LogP contribution in [0.4, 0.5) is 5.69 Å². The van der Waals surface area contributed by atoms with Gasteiger partial charge in [-0.25, -0.2) is 0 Å². The first-order valence-corrected chi connectivity index (χ1v) is 5.72. The summed E-state index contributed by atoms with van der Waals surface area (Å²) in [5, 5.41) is 13.2. The van der Waals surface area contributed by atoms with Gasteiger partial charge in [0.05, 0.1) is 11.2 Å². The summed E-state index contributed by atoms with van der Waals surface area (Å²) in [6, 6.07) is 9.48. The molecule has 2 rings (SSSR count). The normalized spacial score (nSPS) is 10.1. The number of hydrogen-bond donors (Lipinski definition) is 1. The lowest BCUT2D eigenvalue weighted by molar-refractivity contribution is -0.384. The molecule has 0 saturated heterocycles. The molecule has 0 aliphatic carbocycles. The van der Waals surface area contributed by atoms with Gasteiger partial charge < -0.3 is 9.73 Å². The molecule has 2 aromatic rings. The van der Waals surface area contributed by atoms with Gasteiger partial charge in [-0.05, 0) is 24.1 Å². The number of carbonyl (C=O) groups is 1. The van der Waals surface area contributed by atoms with Crippen LogP contribution in [0.2, 0.25) is 0 Å². The van der Waals surface area contributed by atoms with Crippen LogP contribution in [0.15, 0.2) is 47.1 Å². The molecule has 1 heterocycles. The summed E-state index contributed by atoms with van der Waals surface area (Å²) in [4.78, 5) is 21.6. The van der Waals surface area contributed by atoms with Gasteiger partial charge in [0.2, 0.25) is 0 Å². The highest BCUT2D eigenvalue weighted by atomic mass is 16.6. The van der Waals surface area contributed by atoms with Gasteiger partial charge >= 0.3 is 0 Å². The molecule has 6 nitrogen and oxygen atoms in total. The van der Waals surface area contributed by atoms with Crippen molar-refractivity contribution in [3.63, 3.8) is 0 Å². The van der Waals surface area contributed by atoms with E-state index in [2.05, 4.69) is 5.32 Å². The number of non-ortho nitro benzene ring substituents is 1. The zero-order valence-electron chi connectivity index (χ0n) is 10.0. The number of nitrogens with one attached hydrogen (secondary N) is 1. The Morgan fingerprint density at radius 2 is 2.00 bits per heavy atom. The van der Waals surface area contributed by atoms with Gasteiger partial charge in [-0.3, -0.25) is 14.9 Å². The lowest BCUT2D eigenvalue weighted by Crippen LogP contribution is -2.25. The fourth-order valence-electron chi connectivity index (χ4n) is 1.60. The van der Waals surface area contributed by atoms with Crippen LogP contribution in [0.25, 0.3) is 0 Å². The maximum atomic E-state index is 11.5. The molecule has 0 radical (unpaired) electrons. The molecule has 1 N–H and O–H groups in total. The topological polar surface area (TPSA) is 85.4 Å². The zero-order chi connectivity index (χ0) is 13.7. The van der Waals surface area contributed by atoms with E-state index in [0.717, 1.165) is 5.56 Å². The maximum absolute atomic E-state index is 11.5. The monoisotopic (exact) mass is 260 g/mol. The van der Waals surface area contributed by atoms with Crippen molar-refractivity contribution in [1.29, 1.82) is 0 Å². The summed E-state index contributed by atoms with van der Waals surface area (Å²) in [5.74, 6) is -0.00406. The van der Waals surface area contributed by atoms with E-state index in [1.165, 1.54) is 18.4 Å². The minimum absolute atomic E-state index is 0.0587. The van der Waals surface area contributed by atoms with Gasteiger partial charge in [0.1, 0.15) is 0 Å². The Labute approximate surface area is 109 Å². The lowest BCUT2D eigenvalue weighted by atomic mass is 10.1. The second-order valence-electron chi connectivity index (χ2n) is 3.91. The van der Waals surface area contributed by atoms with Crippen molar-refractivity contribution in [3.05, 3.63) is 64.1 Å². The summed E-state index contributed by atoms with van der Waals surface area (Å²) in [5.41, 5.74) is 0.980. The smallest absolute Gasteiger partial charge is 0.286 e. The number of amides is 1. The number of furan rings is 1. The van der Waals surface area contributed by atoms with Crippen LogP contribution < -0.4 is 5.32 Å². The highest BCUT2D eigenvalue weighted by Gasteiger charge is 2.07. The van der Waals surface area contributed by atoms with Crippen LogP contribution in [-0.4, -0.2) is 17.4 Å². The van der Waals surface area contributed by atoms with Crippen molar-refractivity contribution in [2.45, 2.75) is 6.42 Å². The van der Waals surface area contributed by atoms with E-state index in [4.69, 9.17) is 4.42 Å². The van der Waals surface area contributed by atoms with Crippen LogP contribution >= 0.6 is 0 Å². The summed E-state index contributed by atoms with van der Waals surface area (Å²) in [6.07, 6.45) is 2.04. The van der Waals surface area contributed by atoms with Crippen LogP contribution in [0, 0.1) is 10.1 Å². The van der Waals surface area contributed by atoms with E-state index in [0.29, 0.717) is 13.0 Å². The van der Waals surface area contributed by atoms with Crippen molar-refractivity contribution < 1.29 is 14.1 Å². The average molecular weight is 260 g/mol. The molecule has 0 spiro atoms. The van der Waals surface area contributed by atoms with Crippen LogP contribution in [0.5, 0.6) is 0 Å². The molecular formula is C13H12N2O4. The van der Waals surface area contributed by atoms with Crippen molar-refractivity contribution in [1.82, 2.24) is 5.32 Å². The summed E-state index contributed by atoms with van der Waals surface area (Å²) >= 11 is 0. The van der Waals surface area contributed by atoms with Crippen LogP contribution in [0.3, 0.4) is 0 Å². The third-order valence-corrected chi connectivity index (χ3v) is 2.59. The number of nitro groups is 1. The Bertz CT molecular complexity index is 561. The largest absolute Gasteiger partial charge is 0.459 e. The predicted molar refractivity (Wildman–Crippen MR) is 67.8 cm³/mol. The van der Waals surface area contributed by atoms with Crippen LogP contribution in [0.1, 0.15) is 16.1 Å². The van der Waals surface area contributed by atoms with Gasteiger partial charge in [0, 0.05) is 18.7 Å². The predicted octanol–water partition coefficient (Wildman–Crippen LogP) is 2.16. The van der Waals surface area contributed by atoms with Gasteiger partial charge in [-0.1, -0.05) is 12.1 Å². The summed E-state index contributed by atoms with van der Waals surface area (Å²) in [6.45, 7) is 0.442. The van der Waals surface area contributed by atoms with E-state index in [1.54, 1.807) is 24.3 Å². The third kappa shape index (κ3) is 3.41. The zero-order valence-corrected chi connectivity index (χ0v) is 10.0. The van der Waals surface area contributed by atoms with Crippen molar-refractivity contribution in [3.8, 4) is 0 Å². The van der Waals surface area contributed by atoms with E-state index < -0.39 is 4.92 Å². The standard InChI is InChI=1S/C13H12N2O4/c16-13(12-2-1-9-19-12)14-8-7-10-3-5-11(6-4-10)15(17)18/h1-6,9H,7-8H2,(H,14,16). The SMILES string of the molecule is O=C(NCCc1ccc([N+](=O)[O-])cc1)c1ccco1. The first-order chi connectivity index (χ1) is 9.16. The highest BCUT2D eigenvalue weighted by molar-refractivity contribution is 5.91. The summed E-state index contributed by atoms with van der Waals surface area (Å²) < 4.78 is 4.95. The van der Waals surface area contributed by atoms with E-state index in [1.807, 2.05) is 0 Å². The molecule has 0 atom stereocenters. The molecule has 0 aliphatic rings. The van der Waals surface area contributed by atoms with Crippen molar-refractivity contribution in [2.75, 3.05) is 6.54 Å². The quantitative estimate of drug-likeness (QED) is 0.659. The molecule has 98 valence electrons. The fourth-order valence-corrected chi connectivity index (χ4v) is 1.60. The molecule has 1 aromatic heterocycles. The van der Waals surface area contributed by atoms with Crippen molar-refractivity contribution >= 4 is 11.6 Å². The minimum Gasteiger partial charge on any atom is -0.459 e. The molecule has 1 aromatic carbocycles. The number of hydrogen-bond acceptors (Lipinski definition) is 4. The average Bonchev–Trinajstić information content (AvgIpc) is 2.93.